The van der Waals surface area contributed by atoms with Crippen molar-refractivity contribution in [1.29, 1.82) is 0 Å². The van der Waals surface area contributed by atoms with Crippen molar-refractivity contribution in [1.82, 2.24) is 0 Å². The molecule has 0 aliphatic heterocycles. The fraction of sp³-hybridized carbons (Fsp3) is 0.917. The number of hydrogen-bond acceptors (Lipinski definition) is 5. The van der Waals surface area contributed by atoms with Crippen LogP contribution in [0.3, 0.4) is 0 Å². The van der Waals surface area contributed by atoms with Crippen molar-refractivity contribution in [3.8, 4) is 0 Å². The molecule has 0 heterocycles. The van der Waals surface area contributed by atoms with Gasteiger partial charge in [-0.15, -0.1) is 0 Å². The molecule has 0 aromatic rings. The Kier molecular flexibility index (Phi) is 12.3. The molecule has 0 rings (SSSR count). The summed E-state index contributed by atoms with van der Waals surface area (Å²) in [6.07, 6.45) is 0.648. The summed E-state index contributed by atoms with van der Waals surface area (Å²) < 4.78 is 20.6. The summed E-state index contributed by atoms with van der Waals surface area (Å²) in [4.78, 5) is 10.7. The minimum Gasteiger partial charge on any atom is -0.382 e. The first-order chi connectivity index (χ1) is 8.68. The fourth-order valence-corrected chi connectivity index (χ4v) is 1.09. The van der Waals surface area contributed by atoms with Crippen molar-refractivity contribution >= 4 is 5.91 Å². The molecule has 6 nitrogen and oxygen atoms in total. The van der Waals surface area contributed by atoms with Crippen LogP contribution in [0.1, 0.15) is 13.3 Å². The standard InChI is InChI=1S/C12H25NO5/c1-11(12(13)14)3-4-16-7-8-18-10-9-17-6-5-15-2/h11H,3-10H2,1-2H3,(H2,13,14). The van der Waals surface area contributed by atoms with Crippen molar-refractivity contribution in [3.05, 3.63) is 0 Å². The van der Waals surface area contributed by atoms with E-state index >= 15 is 0 Å². The SMILES string of the molecule is COCCOCCOCCOCCC(C)C(N)=O. The highest BCUT2D eigenvalue weighted by Crippen LogP contribution is 1.99. The molecule has 0 saturated carbocycles. The van der Waals surface area contributed by atoms with E-state index in [0.29, 0.717) is 52.7 Å². The van der Waals surface area contributed by atoms with E-state index in [1.807, 2.05) is 0 Å². The van der Waals surface area contributed by atoms with Crippen molar-refractivity contribution < 1.29 is 23.7 Å². The number of primary amides is 1. The average molecular weight is 263 g/mol. The lowest BCUT2D eigenvalue weighted by Crippen LogP contribution is -2.22. The molecular formula is C12H25NO5. The van der Waals surface area contributed by atoms with Crippen molar-refractivity contribution in [3.63, 3.8) is 0 Å². The van der Waals surface area contributed by atoms with Gasteiger partial charge in [-0.3, -0.25) is 4.79 Å². The summed E-state index contributed by atoms with van der Waals surface area (Å²) >= 11 is 0. The molecule has 6 heteroatoms. The van der Waals surface area contributed by atoms with Crippen LogP contribution in [-0.2, 0) is 23.7 Å². The summed E-state index contributed by atoms with van der Waals surface area (Å²) in [5, 5.41) is 0. The first-order valence-electron chi connectivity index (χ1n) is 6.20. The fourth-order valence-electron chi connectivity index (χ4n) is 1.09. The Labute approximate surface area is 109 Å². The van der Waals surface area contributed by atoms with Crippen LogP contribution in [0.25, 0.3) is 0 Å². The van der Waals surface area contributed by atoms with Crippen LogP contribution in [0.15, 0.2) is 0 Å². The smallest absolute Gasteiger partial charge is 0.220 e. The summed E-state index contributed by atoms with van der Waals surface area (Å²) in [5.41, 5.74) is 5.12. The second-order valence-electron chi connectivity index (χ2n) is 3.92. The maximum atomic E-state index is 10.7. The van der Waals surface area contributed by atoms with E-state index in [-0.39, 0.29) is 11.8 Å². The molecule has 0 aliphatic carbocycles. The van der Waals surface area contributed by atoms with Gasteiger partial charge >= 0.3 is 0 Å². The van der Waals surface area contributed by atoms with Gasteiger partial charge < -0.3 is 24.7 Å². The highest BCUT2D eigenvalue weighted by molar-refractivity contribution is 5.76. The van der Waals surface area contributed by atoms with Crippen LogP contribution in [0.4, 0.5) is 0 Å². The predicted octanol–water partition coefficient (Wildman–Crippen LogP) is 0.194. The number of hydrogen-bond donors (Lipinski definition) is 1. The van der Waals surface area contributed by atoms with Crippen LogP contribution in [0.5, 0.6) is 0 Å². The van der Waals surface area contributed by atoms with Gasteiger partial charge in [0.15, 0.2) is 0 Å². The molecule has 0 radical (unpaired) electrons. The number of carbonyl (C=O) groups excluding carboxylic acids is 1. The average Bonchev–Trinajstić information content (AvgIpc) is 2.35. The monoisotopic (exact) mass is 263 g/mol. The maximum Gasteiger partial charge on any atom is 0.220 e. The third-order valence-electron chi connectivity index (χ3n) is 2.36. The molecule has 0 fully saturated rings. The molecule has 0 spiro atoms. The first-order valence-corrected chi connectivity index (χ1v) is 6.20. The lowest BCUT2D eigenvalue weighted by Gasteiger charge is -2.08. The quantitative estimate of drug-likeness (QED) is 0.480. The summed E-state index contributed by atoms with van der Waals surface area (Å²) in [6, 6.07) is 0. The van der Waals surface area contributed by atoms with Gasteiger partial charge in [0.05, 0.1) is 39.6 Å². The maximum absolute atomic E-state index is 10.7. The number of ether oxygens (including phenoxy) is 4. The molecule has 1 amide bonds. The Hall–Kier alpha value is -0.690. The van der Waals surface area contributed by atoms with Crippen molar-refractivity contribution in [2.75, 3.05) is 53.4 Å². The van der Waals surface area contributed by atoms with Crippen molar-refractivity contribution in [2.24, 2.45) is 11.7 Å². The Morgan fingerprint density at radius 2 is 1.39 bits per heavy atom. The molecule has 18 heavy (non-hydrogen) atoms. The van der Waals surface area contributed by atoms with E-state index in [4.69, 9.17) is 24.7 Å². The molecule has 2 N–H and O–H groups in total. The second-order valence-corrected chi connectivity index (χ2v) is 3.92. The molecular weight excluding hydrogens is 238 g/mol. The van der Waals surface area contributed by atoms with E-state index in [1.165, 1.54) is 0 Å². The molecule has 108 valence electrons. The highest BCUT2D eigenvalue weighted by Gasteiger charge is 2.07. The normalized spacial score (nSPS) is 12.6. The minimum atomic E-state index is -0.289. The first kappa shape index (κ1) is 17.3. The lowest BCUT2D eigenvalue weighted by molar-refractivity contribution is -0.121. The largest absolute Gasteiger partial charge is 0.382 e. The van der Waals surface area contributed by atoms with E-state index < -0.39 is 0 Å². The van der Waals surface area contributed by atoms with Crippen molar-refractivity contribution in [2.45, 2.75) is 13.3 Å². The summed E-state index contributed by atoms with van der Waals surface area (Å²) in [5.74, 6) is -0.428. The zero-order chi connectivity index (χ0) is 13.6. The number of methoxy groups -OCH3 is 1. The lowest BCUT2D eigenvalue weighted by atomic mass is 10.1. The molecule has 0 bridgehead atoms. The van der Waals surface area contributed by atoms with Crippen LogP contribution >= 0.6 is 0 Å². The van der Waals surface area contributed by atoms with E-state index in [9.17, 15) is 4.79 Å². The van der Waals surface area contributed by atoms with Crippen LogP contribution in [0.2, 0.25) is 0 Å². The van der Waals surface area contributed by atoms with Crippen LogP contribution in [0, 0.1) is 5.92 Å². The number of nitrogens with two attached hydrogens (primary N) is 1. The van der Waals surface area contributed by atoms with Gasteiger partial charge in [-0.2, -0.15) is 0 Å². The topological polar surface area (TPSA) is 80.0 Å². The van der Waals surface area contributed by atoms with Gasteiger partial charge in [-0.05, 0) is 6.42 Å². The molecule has 0 aromatic carbocycles. The Bertz CT molecular complexity index is 201. The van der Waals surface area contributed by atoms with Gasteiger partial charge in [0.25, 0.3) is 0 Å². The van der Waals surface area contributed by atoms with Gasteiger partial charge in [0.2, 0.25) is 5.91 Å². The van der Waals surface area contributed by atoms with Gasteiger partial charge in [0.1, 0.15) is 0 Å². The van der Waals surface area contributed by atoms with Crippen LogP contribution < -0.4 is 5.73 Å². The summed E-state index contributed by atoms with van der Waals surface area (Å²) in [7, 11) is 1.64. The molecule has 1 atom stereocenters. The highest BCUT2D eigenvalue weighted by atomic mass is 16.6. The van der Waals surface area contributed by atoms with Crippen LogP contribution in [-0.4, -0.2) is 59.3 Å². The van der Waals surface area contributed by atoms with E-state index in [1.54, 1.807) is 14.0 Å². The van der Waals surface area contributed by atoms with E-state index in [2.05, 4.69) is 0 Å². The molecule has 1 unspecified atom stereocenters. The predicted molar refractivity (Wildman–Crippen MR) is 67.3 cm³/mol. The zero-order valence-electron chi connectivity index (χ0n) is 11.4. The molecule has 0 saturated heterocycles. The molecule has 0 aliphatic rings. The zero-order valence-corrected chi connectivity index (χ0v) is 11.4. The third-order valence-corrected chi connectivity index (χ3v) is 2.36. The number of rotatable bonds is 13. The third kappa shape index (κ3) is 11.8. The van der Waals surface area contributed by atoms with Gasteiger partial charge in [-0.25, -0.2) is 0 Å². The summed E-state index contributed by atoms with van der Waals surface area (Å²) in [6.45, 7) is 5.65. The molecule has 0 aromatic heterocycles. The Balaban J connectivity index is 3.05. The van der Waals surface area contributed by atoms with Gasteiger partial charge in [-0.1, -0.05) is 6.92 Å². The second kappa shape index (κ2) is 12.8. The Morgan fingerprint density at radius 3 is 1.83 bits per heavy atom. The number of carbonyl (C=O) groups is 1. The number of amides is 1. The minimum absolute atomic E-state index is 0.139. The van der Waals surface area contributed by atoms with Gasteiger partial charge in [0, 0.05) is 19.6 Å². The Morgan fingerprint density at radius 1 is 0.944 bits per heavy atom. The van der Waals surface area contributed by atoms with E-state index in [0.717, 1.165) is 0 Å².